The predicted octanol–water partition coefficient (Wildman–Crippen LogP) is 2.79. The summed E-state index contributed by atoms with van der Waals surface area (Å²) in [6, 6.07) is 2.54. The van der Waals surface area contributed by atoms with Crippen molar-refractivity contribution >= 4 is 11.8 Å². The van der Waals surface area contributed by atoms with E-state index in [1.54, 1.807) is 0 Å². The van der Waals surface area contributed by atoms with Crippen LogP contribution in [0.15, 0.2) is 18.5 Å². The molecule has 1 aromatic heterocycles. The summed E-state index contributed by atoms with van der Waals surface area (Å²) >= 11 is 1.90. The van der Waals surface area contributed by atoms with E-state index in [2.05, 4.69) is 36.5 Å². The quantitative estimate of drug-likeness (QED) is 0.804. The highest BCUT2D eigenvalue weighted by Crippen LogP contribution is 2.20. The van der Waals surface area contributed by atoms with E-state index in [-0.39, 0.29) is 0 Å². The standard InChI is InChI=1S/C12H20N2S/c1-4-14-12(6-8-15-3)11-9-13-7-5-10(11)2/h5,7,9,12,14H,4,6,8H2,1-3H3. The Kier molecular flexibility index (Phi) is 5.73. The van der Waals surface area contributed by atoms with Crippen LogP contribution in [-0.2, 0) is 0 Å². The highest BCUT2D eigenvalue weighted by atomic mass is 32.2. The zero-order valence-corrected chi connectivity index (χ0v) is 10.6. The van der Waals surface area contributed by atoms with Crippen LogP contribution in [0.2, 0.25) is 0 Å². The zero-order valence-electron chi connectivity index (χ0n) is 9.79. The third kappa shape index (κ3) is 3.84. The Morgan fingerprint density at radius 2 is 2.33 bits per heavy atom. The van der Waals surface area contributed by atoms with E-state index in [0.717, 1.165) is 6.54 Å². The summed E-state index contributed by atoms with van der Waals surface area (Å²) in [4.78, 5) is 4.21. The molecule has 0 aliphatic carbocycles. The second-order valence-electron chi connectivity index (χ2n) is 3.62. The topological polar surface area (TPSA) is 24.9 Å². The minimum atomic E-state index is 0.455. The predicted molar refractivity (Wildman–Crippen MR) is 68.4 cm³/mol. The molecule has 0 aromatic carbocycles. The summed E-state index contributed by atoms with van der Waals surface area (Å²) in [5.41, 5.74) is 2.67. The second-order valence-corrected chi connectivity index (χ2v) is 4.61. The van der Waals surface area contributed by atoms with Crippen LogP contribution in [0.5, 0.6) is 0 Å². The lowest BCUT2D eigenvalue weighted by molar-refractivity contribution is 0.537. The van der Waals surface area contributed by atoms with Gasteiger partial charge in [0.1, 0.15) is 0 Å². The van der Waals surface area contributed by atoms with Gasteiger partial charge in [0.05, 0.1) is 0 Å². The molecular weight excluding hydrogens is 204 g/mol. The molecular formula is C12H20N2S. The van der Waals surface area contributed by atoms with E-state index < -0.39 is 0 Å². The smallest absolute Gasteiger partial charge is 0.0345 e. The summed E-state index contributed by atoms with van der Waals surface area (Å²) < 4.78 is 0. The lowest BCUT2D eigenvalue weighted by Crippen LogP contribution is -2.22. The van der Waals surface area contributed by atoms with Crippen molar-refractivity contribution in [3.05, 3.63) is 29.6 Å². The first-order chi connectivity index (χ1) is 7.29. The van der Waals surface area contributed by atoms with Crippen LogP contribution >= 0.6 is 11.8 Å². The molecule has 3 heteroatoms. The summed E-state index contributed by atoms with van der Waals surface area (Å²) in [5, 5.41) is 3.52. The van der Waals surface area contributed by atoms with E-state index in [1.807, 2.05) is 24.2 Å². The maximum atomic E-state index is 4.21. The molecule has 0 saturated heterocycles. The van der Waals surface area contributed by atoms with Crippen LogP contribution in [0.25, 0.3) is 0 Å². The Hall–Kier alpha value is -0.540. The number of nitrogens with one attached hydrogen (secondary N) is 1. The Labute approximate surface area is 96.9 Å². The van der Waals surface area contributed by atoms with Crippen molar-refractivity contribution in [1.29, 1.82) is 0 Å². The fourth-order valence-corrected chi connectivity index (χ4v) is 2.16. The molecule has 0 spiro atoms. The SMILES string of the molecule is CCNC(CCSC)c1cnccc1C. The molecule has 1 heterocycles. The van der Waals surface area contributed by atoms with Gasteiger partial charge in [-0.25, -0.2) is 0 Å². The Bertz CT molecular complexity index is 289. The zero-order chi connectivity index (χ0) is 11.1. The average molecular weight is 224 g/mol. The van der Waals surface area contributed by atoms with Gasteiger partial charge in [0, 0.05) is 18.4 Å². The molecule has 0 fully saturated rings. The Balaban J connectivity index is 2.74. The molecule has 0 bridgehead atoms. The van der Waals surface area contributed by atoms with E-state index in [4.69, 9.17) is 0 Å². The van der Waals surface area contributed by atoms with Crippen LogP contribution in [0, 0.1) is 6.92 Å². The van der Waals surface area contributed by atoms with Gasteiger partial charge in [0.2, 0.25) is 0 Å². The number of pyridine rings is 1. The summed E-state index contributed by atoms with van der Waals surface area (Å²) in [6.45, 7) is 5.31. The number of hydrogen-bond donors (Lipinski definition) is 1. The van der Waals surface area contributed by atoms with Crippen LogP contribution in [0.4, 0.5) is 0 Å². The van der Waals surface area contributed by atoms with Crippen molar-refractivity contribution in [2.75, 3.05) is 18.6 Å². The fraction of sp³-hybridized carbons (Fsp3) is 0.583. The number of hydrogen-bond acceptors (Lipinski definition) is 3. The normalized spacial score (nSPS) is 12.7. The molecule has 0 aliphatic heterocycles. The average Bonchev–Trinajstić information content (AvgIpc) is 2.25. The molecule has 0 amide bonds. The van der Waals surface area contributed by atoms with Gasteiger partial charge in [-0.1, -0.05) is 6.92 Å². The molecule has 1 rings (SSSR count). The Morgan fingerprint density at radius 1 is 1.53 bits per heavy atom. The summed E-state index contributed by atoms with van der Waals surface area (Å²) in [7, 11) is 0. The van der Waals surface area contributed by atoms with Gasteiger partial charge in [-0.05, 0) is 49.1 Å². The van der Waals surface area contributed by atoms with Gasteiger partial charge in [-0.15, -0.1) is 0 Å². The minimum absolute atomic E-state index is 0.455. The fourth-order valence-electron chi connectivity index (χ4n) is 1.69. The molecule has 2 nitrogen and oxygen atoms in total. The van der Waals surface area contributed by atoms with Gasteiger partial charge in [0.25, 0.3) is 0 Å². The van der Waals surface area contributed by atoms with Crippen molar-refractivity contribution in [2.24, 2.45) is 0 Å². The number of thioether (sulfide) groups is 1. The highest BCUT2D eigenvalue weighted by Gasteiger charge is 2.11. The molecule has 1 atom stereocenters. The van der Waals surface area contributed by atoms with Crippen LogP contribution in [-0.4, -0.2) is 23.5 Å². The molecule has 1 unspecified atom stereocenters. The van der Waals surface area contributed by atoms with Crippen molar-refractivity contribution in [2.45, 2.75) is 26.3 Å². The first-order valence-electron chi connectivity index (χ1n) is 5.42. The van der Waals surface area contributed by atoms with E-state index >= 15 is 0 Å². The maximum absolute atomic E-state index is 4.21. The monoisotopic (exact) mass is 224 g/mol. The third-order valence-electron chi connectivity index (χ3n) is 2.52. The molecule has 0 aliphatic rings. The van der Waals surface area contributed by atoms with Crippen molar-refractivity contribution in [3.63, 3.8) is 0 Å². The molecule has 0 saturated carbocycles. The van der Waals surface area contributed by atoms with Crippen LogP contribution in [0.3, 0.4) is 0 Å². The minimum Gasteiger partial charge on any atom is -0.310 e. The summed E-state index contributed by atoms with van der Waals surface area (Å²) in [6.07, 6.45) is 7.17. The number of nitrogens with zero attached hydrogens (tertiary/aromatic N) is 1. The number of aryl methyl sites for hydroxylation is 1. The van der Waals surface area contributed by atoms with E-state index in [1.165, 1.54) is 23.3 Å². The lowest BCUT2D eigenvalue weighted by atomic mass is 10.0. The first kappa shape index (κ1) is 12.5. The van der Waals surface area contributed by atoms with Crippen molar-refractivity contribution in [1.82, 2.24) is 10.3 Å². The van der Waals surface area contributed by atoms with Gasteiger partial charge in [-0.2, -0.15) is 11.8 Å². The molecule has 1 N–H and O–H groups in total. The largest absolute Gasteiger partial charge is 0.310 e. The molecule has 84 valence electrons. The number of aromatic nitrogens is 1. The molecule has 1 aromatic rings. The van der Waals surface area contributed by atoms with Crippen molar-refractivity contribution in [3.8, 4) is 0 Å². The van der Waals surface area contributed by atoms with Crippen LogP contribution < -0.4 is 5.32 Å². The maximum Gasteiger partial charge on any atom is 0.0345 e. The third-order valence-corrected chi connectivity index (χ3v) is 3.16. The Morgan fingerprint density at radius 3 is 2.93 bits per heavy atom. The molecule has 0 radical (unpaired) electrons. The van der Waals surface area contributed by atoms with Crippen LogP contribution in [0.1, 0.15) is 30.5 Å². The van der Waals surface area contributed by atoms with E-state index in [0.29, 0.717) is 6.04 Å². The van der Waals surface area contributed by atoms with Gasteiger partial charge in [0.15, 0.2) is 0 Å². The van der Waals surface area contributed by atoms with Gasteiger partial charge in [-0.3, -0.25) is 4.98 Å². The van der Waals surface area contributed by atoms with Gasteiger partial charge >= 0.3 is 0 Å². The summed E-state index contributed by atoms with van der Waals surface area (Å²) in [5.74, 6) is 1.19. The first-order valence-corrected chi connectivity index (χ1v) is 6.81. The van der Waals surface area contributed by atoms with Gasteiger partial charge < -0.3 is 5.32 Å². The molecule has 15 heavy (non-hydrogen) atoms. The lowest BCUT2D eigenvalue weighted by Gasteiger charge is -2.19. The second kappa shape index (κ2) is 6.85. The van der Waals surface area contributed by atoms with Crippen molar-refractivity contribution < 1.29 is 0 Å². The highest BCUT2D eigenvalue weighted by molar-refractivity contribution is 7.98. The van der Waals surface area contributed by atoms with E-state index in [9.17, 15) is 0 Å². The number of rotatable bonds is 6.